The highest BCUT2D eigenvalue weighted by atomic mass is 14.2. The Morgan fingerprint density at radius 2 is 0.481 bits per heavy atom. The fourth-order valence-corrected chi connectivity index (χ4v) is 10.4. The first-order valence-corrected chi connectivity index (χ1v) is 30.4. The van der Waals surface area contributed by atoms with Gasteiger partial charge in [-0.25, -0.2) is 0 Å². The van der Waals surface area contributed by atoms with Gasteiger partial charge in [0.2, 0.25) is 0 Å². The molecule has 0 saturated carbocycles. The molecule has 0 aliphatic rings. The van der Waals surface area contributed by atoms with Crippen molar-refractivity contribution in [2.75, 3.05) is 0 Å². The maximum Gasteiger partial charge on any atom is -0.0149 e. The lowest BCUT2D eigenvalue weighted by Crippen LogP contribution is -2.06. The molecule has 0 spiro atoms. The van der Waals surface area contributed by atoms with Gasteiger partial charge in [-0.05, 0) is 262 Å². The van der Waals surface area contributed by atoms with Crippen LogP contribution in [0.2, 0.25) is 0 Å². The van der Waals surface area contributed by atoms with Gasteiger partial charge in [0.25, 0.3) is 0 Å². The van der Waals surface area contributed by atoms with Crippen molar-refractivity contribution in [1.29, 1.82) is 0 Å². The molecular weight excluding hydrogens is 949 g/mol. The fourth-order valence-electron chi connectivity index (χ4n) is 10.4. The summed E-state index contributed by atoms with van der Waals surface area (Å²) in [5.41, 5.74) is 26.8. The minimum Gasteiger partial charge on any atom is -0.0683 e. The van der Waals surface area contributed by atoms with Crippen molar-refractivity contribution in [3.05, 3.63) is 221 Å². The van der Waals surface area contributed by atoms with E-state index in [4.69, 9.17) is 0 Å². The summed E-state index contributed by atoms with van der Waals surface area (Å²) in [5, 5.41) is 11.1. The summed E-state index contributed by atoms with van der Waals surface area (Å²) in [5.74, 6) is 1.25. The van der Waals surface area contributed by atoms with Crippen molar-refractivity contribution in [3.8, 4) is 0 Å². The monoisotopic (exact) mass is 1060 g/mol. The Kier molecular flexibility index (Phi) is 33.6. The van der Waals surface area contributed by atoms with E-state index in [0.29, 0.717) is 11.8 Å². The molecule has 0 heterocycles. The summed E-state index contributed by atoms with van der Waals surface area (Å²) in [7, 11) is 0. The Hall–Kier alpha value is -5.98. The minimum absolute atomic E-state index is 0.626. The largest absolute Gasteiger partial charge is 0.0683 e. The van der Waals surface area contributed by atoms with Crippen LogP contribution in [0.4, 0.5) is 0 Å². The summed E-state index contributed by atoms with van der Waals surface area (Å²) in [6, 6.07) is 42.2. The van der Waals surface area contributed by atoms with E-state index >= 15 is 0 Å². The van der Waals surface area contributed by atoms with Gasteiger partial charge in [-0.2, -0.15) is 0 Å². The quantitative estimate of drug-likeness (QED) is 0.162. The van der Waals surface area contributed by atoms with Crippen molar-refractivity contribution in [2.24, 2.45) is 0 Å². The molecular formula is C79H114. The van der Waals surface area contributed by atoms with Gasteiger partial charge in [-0.1, -0.05) is 229 Å². The molecule has 0 atom stereocenters. The second-order valence-electron chi connectivity index (χ2n) is 21.1. The van der Waals surface area contributed by atoms with Crippen LogP contribution in [0.5, 0.6) is 0 Å². The molecule has 0 aliphatic heterocycles. The van der Waals surface area contributed by atoms with Gasteiger partial charge in [0.05, 0.1) is 0 Å². The van der Waals surface area contributed by atoms with Crippen LogP contribution in [0.3, 0.4) is 0 Å². The minimum atomic E-state index is 0.626. The third kappa shape index (κ3) is 20.0. The van der Waals surface area contributed by atoms with Crippen molar-refractivity contribution >= 4 is 43.1 Å². The molecule has 0 radical (unpaired) electrons. The summed E-state index contributed by atoms with van der Waals surface area (Å²) in [6.07, 6.45) is 0. The molecule has 0 unspecified atom stereocenters. The molecule has 0 heteroatoms. The van der Waals surface area contributed by atoms with Crippen molar-refractivity contribution in [2.45, 2.75) is 226 Å². The van der Waals surface area contributed by atoms with E-state index in [2.05, 4.69) is 261 Å². The zero-order chi connectivity index (χ0) is 61.2. The van der Waals surface area contributed by atoms with E-state index < -0.39 is 0 Å². The summed E-state index contributed by atoms with van der Waals surface area (Å²) < 4.78 is 0. The number of hydrogen-bond donors (Lipinski definition) is 0. The zero-order valence-corrected chi connectivity index (χ0v) is 56.6. The average molecular weight is 1060 g/mol. The van der Waals surface area contributed by atoms with E-state index in [1.165, 1.54) is 138 Å². The predicted molar refractivity (Wildman–Crippen MR) is 368 cm³/mol. The van der Waals surface area contributed by atoms with Crippen LogP contribution >= 0.6 is 0 Å². The maximum absolute atomic E-state index is 2.33. The predicted octanol–water partition coefficient (Wildman–Crippen LogP) is 25.7. The van der Waals surface area contributed by atoms with Crippen LogP contribution < -0.4 is 0 Å². The number of rotatable bonds is 2. The smallest absolute Gasteiger partial charge is 0.0149 e. The van der Waals surface area contributed by atoms with E-state index in [9.17, 15) is 0 Å². The Labute approximate surface area is 487 Å². The Morgan fingerprint density at radius 1 is 0.203 bits per heavy atom. The highest BCUT2D eigenvalue weighted by molar-refractivity contribution is 5.92. The molecule has 0 aliphatic carbocycles. The fraction of sp³-hybridized carbons (Fsp3) is 0.418. The van der Waals surface area contributed by atoms with Gasteiger partial charge in [0, 0.05) is 0 Å². The van der Waals surface area contributed by atoms with Crippen LogP contribution in [0.1, 0.15) is 214 Å². The van der Waals surface area contributed by atoms with Crippen molar-refractivity contribution in [3.63, 3.8) is 0 Å². The lowest BCUT2D eigenvalue weighted by atomic mass is 9.82. The Morgan fingerprint density at radius 3 is 0.835 bits per heavy atom. The van der Waals surface area contributed by atoms with Gasteiger partial charge >= 0.3 is 0 Å². The normalized spacial score (nSPS) is 9.94. The highest BCUT2D eigenvalue weighted by Crippen LogP contribution is 2.34. The molecule has 430 valence electrons. The van der Waals surface area contributed by atoms with Crippen molar-refractivity contribution in [1.82, 2.24) is 0 Å². The summed E-state index contributed by atoms with van der Waals surface area (Å²) in [4.78, 5) is 0. The molecule has 79 heavy (non-hydrogen) atoms. The highest BCUT2D eigenvalue weighted by Gasteiger charge is 2.16. The number of benzene rings is 9. The third-order valence-corrected chi connectivity index (χ3v) is 14.7. The van der Waals surface area contributed by atoms with E-state index in [0.717, 1.165) is 0 Å². The van der Waals surface area contributed by atoms with E-state index in [1.54, 1.807) is 11.1 Å². The maximum atomic E-state index is 2.33. The van der Waals surface area contributed by atoms with E-state index in [1.807, 2.05) is 69.2 Å². The Bertz CT molecular complexity index is 3180. The second kappa shape index (κ2) is 36.3. The third-order valence-electron chi connectivity index (χ3n) is 14.7. The topological polar surface area (TPSA) is 0 Å². The molecule has 0 nitrogen and oxygen atoms in total. The zero-order valence-electron chi connectivity index (χ0n) is 56.6. The molecule has 9 rings (SSSR count). The first kappa shape index (κ1) is 73.0. The van der Waals surface area contributed by atoms with E-state index in [-0.39, 0.29) is 0 Å². The lowest BCUT2D eigenvalue weighted by molar-refractivity contribution is 0.774. The van der Waals surface area contributed by atoms with Gasteiger partial charge < -0.3 is 0 Å². The molecule has 0 saturated heterocycles. The summed E-state index contributed by atoms with van der Waals surface area (Å²) >= 11 is 0. The first-order valence-electron chi connectivity index (χ1n) is 30.4. The van der Waals surface area contributed by atoms with Crippen LogP contribution in [-0.2, 0) is 0 Å². The van der Waals surface area contributed by atoms with Gasteiger partial charge in [0.1, 0.15) is 0 Å². The average Bonchev–Trinajstić information content (AvgIpc) is 3.43. The number of aryl methyl sites for hydroxylation is 16. The molecule has 9 aromatic carbocycles. The van der Waals surface area contributed by atoms with Crippen LogP contribution in [0, 0.1) is 118 Å². The van der Waals surface area contributed by atoms with Crippen LogP contribution in [0.15, 0.2) is 115 Å². The molecule has 9 aromatic rings. The SMILES string of the molecule is CC.CC.CC.CC.CC.Cc1cc(C)c(C(C)C)c(C(C)C)c1C.Cc1cc(C)c2cc(C)cc(C)c2c1.Cc1cc(C)c2cccc(C)c2c1.Cc1ccc2c(C)c(C)ccc2c1C.Cc1ccc2c(C)cccc2c1C. The standard InChI is InChI=1S/C15H24.2C14H16.2C13H14.5C2H6/c1-9(2)14-12(6)8-11(5)13(7)15(14)10(3)4;1-9-5-11(3)14-8-10(2)6-12(4)13(14)7-9;1-9-5-7-14-12(4)10(2)6-8-13(14)11(9)3;1-9-7-11(3)12-6-4-5-10(2)13(12)8-9;1-9-7-8-12-10(2)5-4-6-13(12)11(9)3;5*1-2/h8-10H,1-7H3;2*5-8H,1-4H3;2*4-8H,1-3H3;5*1-2H3. The lowest BCUT2D eigenvalue weighted by Gasteiger charge is -2.23. The molecule has 0 bridgehead atoms. The molecule has 0 amide bonds. The van der Waals surface area contributed by atoms with Crippen molar-refractivity contribution < 1.29 is 0 Å². The number of hydrogen-bond acceptors (Lipinski definition) is 0. The van der Waals surface area contributed by atoms with Gasteiger partial charge in [-0.15, -0.1) is 0 Å². The summed E-state index contributed by atoms with van der Waals surface area (Å²) in [6.45, 7) is 66.4. The van der Waals surface area contributed by atoms with Crippen LogP contribution in [-0.4, -0.2) is 0 Å². The molecule has 0 aromatic heterocycles. The molecule has 0 fully saturated rings. The molecule has 0 N–H and O–H groups in total. The number of fused-ring (bicyclic) bond motifs is 4. The second-order valence-corrected chi connectivity index (χ2v) is 21.1. The van der Waals surface area contributed by atoms with Gasteiger partial charge in [-0.3, -0.25) is 0 Å². The first-order chi connectivity index (χ1) is 37.4. The van der Waals surface area contributed by atoms with Crippen LogP contribution in [0.25, 0.3) is 43.1 Å². The Balaban J connectivity index is 0.000000924. The van der Waals surface area contributed by atoms with Gasteiger partial charge in [0.15, 0.2) is 0 Å².